The zero-order chi connectivity index (χ0) is 45.7. The molecule has 0 saturated heterocycles. The molecule has 0 bridgehead atoms. The quantitative estimate of drug-likeness (QED) is 0.144. The maximum Gasteiger partial charge on any atom is 0.159 e. The molecule has 0 radical (unpaired) electrons. The highest BCUT2D eigenvalue weighted by Crippen LogP contribution is 2.47. The third kappa shape index (κ3) is 7.08. The Balaban J connectivity index is 1.12. The van der Waals surface area contributed by atoms with Crippen molar-refractivity contribution in [3.63, 3.8) is 0 Å². The summed E-state index contributed by atoms with van der Waals surface area (Å²) in [6.07, 6.45) is 0. The number of para-hydroxylation sites is 2. The molecular weight excluding hydrogens is 837 g/mol. The lowest BCUT2D eigenvalue weighted by molar-refractivity contribution is 0.669. The Morgan fingerprint density at radius 3 is 1.51 bits per heavy atom. The van der Waals surface area contributed by atoms with Gasteiger partial charge >= 0.3 is 0 Å². The summed E-state index contributed by atoms with van der Waals surface area (Å²) in [5.41, 5.74) is 19.8. The fraction of sp³-hybridized carbons (Fsp3) is 0. The van der Waals surface area contributed by atoms with E-state index in [4.69, 9.17) is 4.42 Å². The molecule has 13 rings (SSSR count). The molecule has 13 aromatic rings. The Morgan fingerprint density at radius 2 is 0.841 bits per heavy atom. The van der Waals surface area contributed by atoms with Crippen LogP contribution in [-0.4, -0.2) is 4.57 Å². The number of aromatic nitrogens is 1. The first-order valence-corrected chi connectivity index (χ1v) is 23.6. The van der Waals surface area contributed by atoms with Crippen LogP contribution in [0.2, 0.25) is 0 Å². The fourth-order valence-electron chi connectivity index (χ4n) is 10.3. The average molecular weight is 881 g/mol. The zero-order valence-electron chi connectivity index (χ0n) is 37.7. The number of benzene rings is 11. The summed E-state index contributed by atoms with van der Waals surface area (Å²) in [6.45, 7) is 0. The van der Waals surface area contributed by atoms with Crippen molar-refractivity contribution in [2.75, 3.05) is 4.90 Å². The topological polar surface area (TPSA) is 21.3 Å². The molecule has 2 aromatic heterocycles. The zero-order valence-corrected chi connectivity index (χ0v) is 37.7. The van der Waals surface area contributed by atoms with E-state index < -0.39 is 0 Å². The number of anilines is 3. The second-order valence-corrected chi connectivity index (χ2v) is 17.7. The monoisotopic (exact) mass is 880 g/mol. The summed E-state index contributed by atoms with van der Waals surface area (Å²) >= 11 is 0. The second-order valence-electron chi connectivity index (χ2n) is 17.7. The molecule has 0 spiro atoms. The lowest BCUT2D eigenvalue weighted by atomic mass is 9.93. The molecule has 3 heteroatoms. The minimum absolute atomic E-state index is 0.842. The summed E-state index contributed by atoms with van der Waals surface area (Å²) in [5, 5.41) is 4.53. The van der Waals surface area contributed by atoms with E-state index in [1.165, 1.54) is 55.3 Å². The molecule has 11 aromatic carbocycles. The van der Waals surface area contributed by atoms with E-state index in [2.05, 4.69) is 270 Å². The first-order chi connectivity index (χ1) is 34.2. The highest BCUT2D eigenvalue weighted by molar-refractivity contribution is 6.17. The van der Waals surface area contributed by atoms with E-state index in [0.717, 1.165) is 66.8 Å². The summed E-state index contributed by atoms with van der Waals surface area (Å²) in [5.74, 6) is 0. The minimum atomic E-state index is 0.842. The Kier molecular flexibility index (Phi) is 9.84. The van der Waals surface area contributed by atoms with E-state index in [0.29, 0.717) is 0 Å². The predicted octanol–water partition coefficient (Wildman–Crippen LogP) is 18.5. The molecule has 0 fully saturated rings. The SMILES string of the molecule is c1ccc(-c2ccc(N(c3ccc4c5cc(-c6ccccc6)cc(-c6ccccc6)c5n(-c5ccc(-c6ccccc6)c(-c6ccccc6)c5)c4c3)c3cccc4c3oc3ccccc34)cc2)cc1. The maximum absolute atomic E-state index is 6.81. The van der Waals surface area contributed by atoms with Gasteiger partial charge in [-0.2, -0.15) is 0 Å². The highest BCUT2D eigenvalue weighted by atomic mass is 16.3. The van der Waals surface area contributed by atoms with Crippen molar-refractivity contribution >= 4 is 60.8 Å². The van der Waals surface area contributed by atoms with E-state index in [9.17, 15) is 0 Å². The van der Waals surface area contributed by atoms with Crippen molar-refractivity contribution in [3.05, 3.63) is 267 Å². The van der Waals surface area contributed by atoms with Crippen LogP contribution in [0.3, 0.4) is 0 Å². The predicted molar refractivity (Wildman–Crippen MR) is 290 cm³/mol. The molecule has 0 saturated carbocycles. The molecule has 69 heavy (non-hydrogen) atoms. The molecule has 0 aliphatic carbocycles. The van der Waals surface area contributed by atoms with E-state index in [1.807, 2.05) is 6.07 Å². The highest BCUT2D eigenvalue weighted by Gasteiger charge is 2.24. The Labute approximate surface area is 401 Å². The molecular formula is C66H44N2O. The van der Waals surface area contributed by atoms with E-state index >= 15 is 0 Å². The van der Waals surface area contributed by atoms with Crippen LogP contribution in [0.1, 0.15) is 0 Å². The Bertz CT molecular complexity index is 3970. The van der Waals surface area contributed by atoms with Crippen molar-refractivity contribution in [3.8, 4) is 61.3 Å². The largest absolute Gasteiger partial charge is 0.454 e. The van der Waals surface area contributed by atoms with Crippen LogP contribution in [0, 0.1) is 0 Å². The van der Waals surface area contributed by atoms with Gasteiger partial charge < -0.3 is 13.9 Å². The molecule has 0 aliphatic heterocycles. The number of furan rings is 1. The number of fused-ring (bicyclic) bond motifs is 6. The van der Waals surface area contributed by atoms with Gasteiger partial charge in [-0.05, 0) is 111 Å². The molecule has 0 amide bonds. The van der Waals surface area contributed by atoms with Gasteiger partial charge in [0, 0.05) is 44.2 Å². The van der Waals surface area contributed by atoms with Gasteiger partial charge in [0.2, 0.25) is 0 Å². The van der Waals surface area contributed by atoms with Crippen LogP contribution in [-0.2, 0) is 0 Å². The number of hydrogen-bond donors (Lipinski definition) is 0. The Hall–Kier alpha value is -9.18. The summed E-state index contributed by atoms with van der Waals surface area (Å²) < 4.78 is 9.31. The first kappa shape index (κ1) is 40.1. The van der Waals surface area contributed by atoms with Crippen LogP contribution in [0.5, 0.6) is 0 Å². The normalized spacial score (nSPS) is 11.5. The van der Waals surface area contributed by atoms with Crippen molar-refractivity contribution < 1.29 is 4.42 Å². The average Bonchev–Trinajstić information content (AvgIpc) is 3.98. The number of nitrogens with zero attached hydrogens (tertiary/aromatic N) is 2. The van der Waals surface area contributed by atoms with Gasteiger partial charge in [0.1, 0.15) is 5.58 Å². The van der Waals surface area contributed by atoms with Gasteiger partial charge in [-0.1, -0.05) is 206 Å². The first-order valence-electron chi connectivity index (χ1n) is 23.6. The van der Waals surface area contributed by atoms with Crippen LogP contribution >= 0.6 is 0 Å². The van der Waals surface area contributed by atoms with Crippen LogP contribution in [0.25, 0.3) is 105 Å². The summed E-state index contributed by atoms with van der Waals surface area (Å²) in [4.78, 5) is 2.36. The maximum atomic E-state index is 6.81. The van der Waals surface area contributed by atoms with Gasteiger partial charge in [0.05, 0.1) is 16.7 Å². The van der Waals surface area contributed by atoms with Gasteiger partial charge in [-0.15, -0.1) is 0 Å². The van der Waals surface area contributed by atoms with Crippen LogP contribution in [0.4, 0.5) is 17.1 Å². The third-order valence-electron chi connectivity index (χ3n) is 13.6. The van der Waals surface area contributed by atoms with Crippen molar-refractivity contribution in [1.29, 1.82) is 0 Å². The van der Waals surface area contributed by atoms with Gasteiger partial charge in [0.15, 0.2) is 5.58 Å². The van der Waals surface area contributed by atoms with Gasteiger partial charge in [-0.3, -0.25) is 0 Å². The van der Waals surface area contributed by atoms with Gasteiger partial charge in [-0.25, -0.2) is 0 Å². The number of hydrogen-bond acceptors (Lipinski definition) is 2. The lowest BCUT2D eigenvalue weighted by Gasteiger charge is -2.26. The molecule has 324 valence electrons. The molecule has 2 heterocycles. The summed E-state index contributed by atoms with van der Waals surface area (Å²) in [6, 6.07) is 96.2. The van der Waals surface area contributed by atoms with Gasteiger partial charge in [0.25, 0.3) is 0 Å². The number of rotatable bonds is 9. The van der Waals surface area contributed by atoms with Crippen molar-refractivity contribution in [1.82, 2.24) is 4.57 Å². The molecule has 0 aliphatic rings. The van der Waals surface area contributed by atoms with E-state index in [-0.39, 0.29) is 0 Å². The standard InChI is InChI=1S/C66H44N2O/c1-6-19-45(20-7-1)47-33-35-52(36-34-47)67(62-31-18-30-58-57-29-16-17-32-64(57)69-66(58)62)54-38-40-56-61-42-51(46-21-8-2-9-22-46)41-60(50-27-14-5-15-28-50)65(61)68(63(56)44-54)53-37-39-55(48-23-10-3-11-24-48)59(43-53)49-25-12-4-13-26-49/h1-44H. The minimum Gasteiger partial charge on any atom is -0.454 e. The fourth-order valence-corrected chi connectivity index (χ4v) is 10.3. The smallest absolute Gasteiger partial charge is 0.159 e. The summed E-state index contributed by atoms with van der Waals surface area (Å²) in [7, 11) is 0. The van der Waals surface area contributed by atoms with E-state index in [1.54, 1.807) is 0 Å². The lowest BCUT2D eigenvalue weighted by Crippen LogP contribution is -2.10. The van der Waals surface area contributed by atoms with Crippen molar-refractivity contribution in [2.24, 2.45) is 0 Å². The molecule has 0 unspecified atom stereocenters. The van der Waals surface area contributed by atoms with Crippen LogP contribution in [0.15, 0.2) is 271 Å². The Morgan fingerprint density at radius 1 is 0.304 bits per heavy atom. The molecule has 0 N–H and O–H groups in total. The molecule has 0 atom stereocenters. The third-order valence-corrected chi connectivity index (χ3v) is 13.6. The van der Waals surface area contributed by atoms with Crippen molar-refractivity contribution in [2.45, 2.75) is 0 Å². The molecule has 3 nitrogen and oxygen atoms in total. The second kappa shape index (κ2) is 16.9. The van der Waals surface area contributed by atoms with Crippen LogP contribution < -0.4 is 4.90 Å².